The van der Waals surface area contributed by atoms with E-state index in [2.05, 4.69) is 4.18 Å². The second-order valence-corrected chi connectivity index (χ2v) is 6.59. The van der Waals surface area contributed by atoms with Crippen molar-refractivity contribution in [2.75, 3.05) is 0 Å². The zero-order valence-electron chi connectivity index (χ0n) is 10.3. The zero-order chi connectivity index (χ0) is 14.3. The van der Waals surface area contributed by atoms with Crippen LogP contribution in [0.1, 0.15) is 16.7 Å². The van der Waals surface area contributed by atoms with E-state index in [9.17, 15) is 21.6 Å². The molecule has 0 saturated heterocycles. The highest BCUT2D eigenvalue weighted by molar-refractivity contribution is 7.88. The van der Waals surface area contributed by atoms with Gasteiger partial charge >= 0.3 is 15.6 Å². The van der Waals surface area contributed by atoms with Crippen LogP contribution in [-0.4, -0.2) is 24.2 Å². The number of rotatable bonds is 2. The molecule has 0 aliphatic rings. The third kappa shape index (κ3) is 2.69. The molecule has 1 aromatic rings. The van der Waals surface area contributed by atoms with Gasteiger partial charge in [-0.1, -0.05) is 0 Å². The summed E-state index contributed by atoms with van der Waals surface area (Å²) in [7, 11) is -5.20. The fraction of sp³-hybridized carbons (Fsp3) is 0.400. The van der Waals surface area contributed by atoms with E-state index in [-0.39, 0.29) is 5.75 Å². The second kappa shape index (κ2) is 4.58. The molecule has 0 radical (unpaired) electrons. The van der Waals surface area contributed by atoms with Crippen molar-refractivity contribution in [1.82, 2.24) is 0 Å². The molecule has 18 heavy (non-hydrogen) atoms. The van der Waals surface area contributed by atoms with E-state index in [0.717, 1.165) is 11.1 Å². The van der Waals surface area contributed by atoms with Crippen LogP contribution < -0.4 is 9.37 Å². The van der Waals surface area contributed by atoms with Gasteiger partial charge in [0.25, 0.3) is 0 Å². The third-order valence-electron chi connectivity index (χ3n) is 2.92. The second-order valence-electron chi connectivity index (χ2n) is 4.05. The molecule has 1 aromatic carbocycles. The van der Waals surface area contributed by atoms with Crippen molar-refractivity contribution < 1.29 is 25.8 Å². The summed E-state index contributed by atoms with van der Waals surface area (Å²) in [5.41, 5.74) is -3.02. The molecule has 0 atom stereocenters. The Labute approximate surface area is 107 Å². The SMILES string of the molecule is Cc1cc(OS(=O)(=O)C(F)(F)F)c([SiH3])c(C)c1C. The monoisotopic (exact) mass is 298 g/mol. The van der Waals surface area contributed by atoms with Gasteiger partial charge in [-0.05, 0) is 48.7 Å². The summed E-state index contributed by atoms with van der Waals surface area (Å²) in [6, 6.07) is 1.33. The number of benzene rings is 1. The lowest BCUT2D eigenvalue weighted by molar-refractivity contribution is -0.0499. The van der Waals surface area contributed by atoms with Crippen LogP contribution >= 0.6 is 0 Å². The average molecular weight is 298 g/mol. The molecular weight excluding hydrogens is 285 g/mol. The summed E-state index contributed by atoms with van der Waals surface area (Å²) in [4.78, 5) is 0. The molecule has 1 rings (SSSR count). The molecule has 0 aliphatic carbocycles. The van der Waals surface area contributed by atoms with Crippen LogP contribution in [0.4, 0.5) is 13.2 Å². The number of aryl methyl sites for hydroxylation is 1. The fourth-order valence-corrected chi connectivity index (χ4v) is 2.70. The molecule has 3 nitrogen and oxygen atoms in total. The normalized spacial score (nSPS) is 12.8. The Hall–Kier alpha value is -1.02. The minimum atomic E-state index is -5.60. The predicted molar refractivity (Wildman–Crippen MR) is 65.8 cm³/mol. The van der Waals surface area contributed by atoms with Gasteiger partial charge in [-0.2, -0.15) is 21.6 Å². The standard InChI is InChI=1S/C10H13F3O3SSi/c1-5-4-8(9(18)7(3)6(5)2)16-17(14,15)10(11,12)13/h4H,1-3,18H3. The van der Waals surface area contributed by atoms with E-state index in [0.29, 0.717) is 21.0 Å². The Morgan fingerprint density at radius 1 is 1.17 bits per heavy atom. The number of hydrogen-bond donors (Lipinski definition) is 0. The van der Waals surface area contributed by atoms with E-state index in [1.807, 2.05) is 6.92 Å². The van der Waals surface area contributed by atoms with Crippen molar-refractivity contribution >= 4 is 25.5 Å². The fourth-order valence-electron chi connectivity index (χ4n) is 1.43. The number of hydrogen-bond acceptors (Lipinski definition) is 3. The summed E-state index contributed by atoms with van der Waals surface area (Å²) in [6.45, 7) is 5.25. The molecule has 0 fully saturated rings. The van der Waals surface area contributed by atoms with Gasteiger partial charge in [0.05, 0.1) is 0 Å². The molecule has 0 unspecified atom stereocenters. The molecule has 0 aromatic heterocycles. The lowest BCUT2D eigenvalue weighted by atomic mass is 10.0. The molecule has 0 saturated carbocycles. The Morgan fingerprint density at radius 2 is 1.67 bits per heavy atom. The average Bonchev–Trinajstić information content (AvgIpc) is 2.21. The van der Waals surface area contributed by atoms with Crippen molar-refractivity contribution in [2.45, 2.75) is 26.3 Å². The van der Waals surface area contributed by atoms with E-state index in [1.54, 1.807) is 13.8 Å². The zero-order valence-corrected chi connectivity index (χ0v) is 13.2. The Kier molecular flexibility index (Phi) is 3.82. The number of halogens is 3. The molecule has 8 heteroatoms. The van der Waals surface area contributed by atoms with E-state index >= 15 is 0 Å². The quantitative estimate of drug-likeness (QED) is 0.461. The summed E-state index contributed by atoms with van der Waals surface area (Å²) in [5.74, 6) is -0.223. The van der Waals surface area contributed by atoms with Gasteiger partial charge in [-0.25, -0.2) is 0 Å². The Bertz CT molecular complexity index is 579. The summed E-state index contributed by atoms with van der Waals surface area (Å²) < 4.78 is 62.8. The molecular formula is C10H13F3O3SSi. The molecule has 0 heterocycles. The van der Waals surface area contributed by atoms with E-state index < -0.39 is 15.6 Å². The van der Waals surface area contributed by atoms with Crippen molar-refractivity contribution in [3.63, 3.8) is 0 Å². The van der Waals surface area contributed by atoms with Crippen molar-refractivity contribution in [2.24, 2.45) is 0 Å². The van der Waals surface area contributed by atoms with Gasteiger partial charge in [-0.3, -0.25) is 0 Å². The predicted octanol–water partition coefficient (Wildman–Crippen LogP) is 0.831. The molecule has 0 N–H and O–H groups in total. The first kappa shape index (κ1) is 15.0. The third-order valence-corrected chi connectivity index (χ3v) is 5.13. The maximum atomic E-state index is 12.2. The topological polar surface area (TPSA) is 43.4 Å². The van der Waals surface area contributed by atoms with Crippen molar-refractivity contribution in [3.05, 3.63) is 22.8 Å². The highest BCUT2D eigenvalue weighted by Crippen LogP contribution is 2.27. The Morgan fingerprint density at radius 3 is 2.11 bits per heavy atom. The van der Waals surface area contributed by atoms with Crippen LogP contribution in [0.25, 0.3) is 0 Å². The highest BCUT2D eigenvalue weighted by Gasteiger charge is 2.48. The van der Waals surface area contributed by atoms with Crippen LogP contribution in [0.3, 0.4) is 0 Å². The lowest BCUT2D eigenvalue weighted by Crippen LogP contribution is -2.30. The van der Waals surface area contributed by atoms with Crippen LogP contribution in [-0.2, 0) is 10.1 Å². The molecule has 0 bridgehead atoms. The van der Waals surface area contributed by atoms with Crippen molar-refractivity contribution in [1.29, 1.82) is 0 Å². The first-order valence-electron chi connectivity index (χ1n) is 5.05. The van der Waals surface area contributed by atoms with Gasteiger partial charge in [0.2, 0.25) is 0 Å². The maximum absolute atomic E-state index is 12.2. The first-order valence-corrected chi connectivity index (χ1v) is 7.46. The smallest absolute Gasteiger partial charge is 0.376 e. The van der Waals surface area contributed by atoms with Gasteiger partial charge in [0.15, 0.2) is 0 Å². The van der Waals surface area contributed by atoms with Gasteiger partial charge in [-0.15, -0.1) is 0 Å². The van der Waals surface area contributed by atoms with E-state index in [4.69, 9.17) is 0 Å². The summed E-state index contributed by atoms with van der Waals surface area (Å²) in [5, 5.41) is 0.519. The molecule has 102 valence electrons. The largest absolute Gasteiger partial charge is 0.534 e. The highest BCUT2D eigenvalue weighted by atomic mass is 32.2. The van der Waals surface area contributed by atoms with Gasteiger partial charge in [0, 0.05) is 10.2 Å². The maximum Gasteiger partial charge on any atom is 0.534 e. The van der Waals surface area contributed by atoms with Crippen molar-refractivity contribution in [3.8, 4) is 5.75 Å². The lowest BCUT2D eigenvalue weighted by Gasteiger charge is -2.15. The van der Waals surface area contributed by atoms with Crippen LogP contribution in [0, 0.1) is 20.8 Å². The molecule has 0 spiro atoms. The van der Waals surface area contributed by atoms with Crippen LogP contribution in [0.15, 0.2) is 6.07 Å². The molecule has 0 amide bonds. The Balaban J connectivity index is 3.31. The summed E-state index contributed by atoms with van der Waals surface area (Å²) >= 11 is 0. The number of alkyl halides is 3. The summed E-state index contributed by atoms with van der Waals surface area (Å²) in [6.07, 6.45) is 0. The minimum Gasteiger partial charge on any atom is -0.376 e. The van der Waals surface area contributed by atoms with Crippen LogP contribution in [0.5, 0.6) is 5.75 Å². The van der Waals surface area contributed by atoms with E-state index in [1.165, 1.54) is 6.07 Å². The van der Waals surface area contributed by atoms with Crippen LogP contribution in [0.2, 0.25) is 0 Å². The van der Waals surface area contributed by atoms with Gasteiger partial charge in [0.1, 0.15) is 5.75 Å². The minimum absolute atomic E-state index is 0.223. The molecule has 0 aliphatic heterocycles. The first-order chi connectivity index (χ1) is 7.97. The van der Waals surface area contributed by atoms with Gasteiger partial charge < -0.3 is 4.18 Å².